The molecule has 0 saturated carbocycles. The van der Waals surface area contributed by atoms with Crippen molar-refractivity contribution in [3.63, 3.8) is 0 Å². The van der Waals surface area contributed by atoms with Crippen molar-refractivity contribution in [2.24, 2.45) is 0 Å². The van der Waals surface area contributed by atoms with Gasteiger partial charge in [0.25, 0.3) is 0 Å². The van der Waals surface area contributed by atoms with Gasteiger partial charge in [0.1, 0.15) is 11.5 Å². The molecule has 5 heteroatoms. The molecule has 0 aliphatic carbocycles. The first kappa shape index (κ1) is 13.6. The van der Waals surface area contributed by atoms with Crippen LogP contribution in [0, 0.1) is 0 Å². The Hall–Kier alpha value is -2.82. The highest BCUT2D eigenvalue weighted by Gasteiger charge is 2.15. The predicted octanol–water partition coefficient (Wildman–Crippen LogP) is 2.33. The Morgan fingerprint density at radius 1 is 1.05 bits per heavy atom. The number of ether oxygens (including phenoxy) is 1. The highest BCUT2D eigenvalue weighted by Crippen LogP contribution is 2.25. The molecule has 2 aromatic rings. The Morgan fingerprint density at radius 3 is 2.35 bits per heavy atom. The molecule has 102 valence electrons. The fourth-order valence-corrected chi connectivity index (χ4v) is 1.78. The number of carbonyl (C=O) groups excluding carboxylic acids is 1. The van der Waals surface area contributed by atoms with Crippen molar-refractivity contribution in [3.05, 3.63) is 59.2 Å². The monoisotopic (exact) mass is 272 g/mol. The van der Waals surface area contributed by atoms with E-state index in [0.717, 1.165) is 0 Å². The average molecular weight is 272 g/mol. The number of aromatic hydroxyl groups is 1. The largest absolute Gasteiger partial charge is 0.507 e. The lowest BCUT2D eigenvalue weighted by molar-refractivity contribution is 0.0697. The molecule has 2 aromatic carbocycles. The first-order valence-electron chi connectivity index (χ1n) is 5.78. The summed E-state index contributed by atoms with van der Waals surface area (Å²) in [4.78, 5) is 23.1. The molecule has 0 aromatic heterocycles. The molecule has 0 aliphatic rings. The van der Waals surface area contributed by atoms with Crippen LogP contribution in [0.3, 0.4) is 0 Å². The second kappa shape index (κ2) is 5.44. The number of hydrogen-bond acceptors (Lipinski definition) is 4. The van der Waals surface area contributed by atoms with Gasteiger partial charge in [0.05, 0.1) is 18.2 Å². The molecule has 0 aliphatic heterocycles. The summed E-state index contributed by atoms with van der Waals surface area (Å²) in [7, 11) is 1.45. The zero-order chi connectivity index (χ0) is 14.7. The van der Waals surface area contributed by atoms with E-state index in [-0.39, 0.29) is 22.4 Å². The van der Waals surface area contributed by atoms with Crippen LogP contribution in [0.15, 0.2) is 42.5 Å². The third-order valence-electron chi connectivity index (χ3n) is 2.82. The van der Waals surface area contributed by atoms with Crippen LogP contribution in [0.4, 0.5) is 0 Å². The van der Waals surface area contributed by atoms with Crippen LogP contribution in [-0.4, -0.2) is 29.1 Å². The van der Waals surface area contributed by atoms with E-state index < -0.39 is 11.8 Å². The summed E-state index contributed by atoms with van der Waals surface area (Å²) < 4.78 is 4.94. The van der Waals surface area contributed by atoms with E-state index >= 15 is 0 Å². The summed E-state index contributed by atoms with van der Waals surface area (Å²) in [6.45, 7) is 0. The Bertz CT molecular complexity index is 676. The molecule has 5 nitrogen and oxygen atoms in total. The third-order valence-corrected chi connectivity index (χ3v) is 2.82. The van der Waals surface area contributed by atoms with Gasteiger partial charge in [0, 0.05) is 11.6 Å². The number of ketones is 1. The summed E-state index contributed by atoms with van der Waals surface area (Å²) in [6, 6.07) is 9.96. The number of phenolic OH excluding ortho intramolecular Hbond substituents is 1. The van der Waals surface area contributed by atoms with Crippen molar-refractivity contribution < 1.29 is 24.5 Å². The van der Waals surface area contributed by atoms with Crippen molar-refractivity contribution in [3.8, 4) is 11.5 Å². The SMILES string of the molecule is COc1ccc(C(=O)c2cccc(C(=O)O)c2)c(O)c1. The molecule has 0 fully saturated rings. The maximum absolute atomic E-state index is 12.2. The van der Waals surface area contributed by atoms with Crippen LogP contribution in [0.1, 0.15) is 26.3 Å². The molecule has 0 bridgehead atoms. The lowest BCUT2D eigenvalue weighted by Gasteiger charge is -2.06. The van der Waals surface area contributed by atoms with Crippen molar-refractivity contribution in [2.75, 3.05) is 7.11 Å². The van der Waals surface area contributed by atoms with E-state index in [1.807, 2.05) is 0 Å². The predicted molar refractivity (Wildman–Crippen MR) is 71.5 cm³/mol. The van der Waals surface area contributed by atoms with Crippen molar-refractivity contribution in [2.45, 2.75) is 0 Å². The molecule has 0 spiro atoms. The molecular formula is C15H12O5. The van der Waals surface area contributed by atoms with E-state index in [0.29, 0.717) is 5.75 Å². The molecule has 2 rings (SSSR count). The second-order valence-electron chi connectivity index (χ2n) is 4.10. The first-order valence-corrected chi connectivity index (χ1v) is 5.78. The normalized spacial score (nSPS) is 10.1. The number of phenols is 1. The van der Waals surface area contributed by atoms with Gasteiger partial charge < -0.3 is 14.9 Å². The number of methoxy groups -OCH3 is 1. The quantitative estimate of drug-likeness (QED) is 0.834. The molecule has 0 heterocycles. The minimum Gasteiger partial charge on any atom is -0.507 e. The van der Waals surface area contributed by atoms with E-state index in [9.17, 15) is 14.7 Å². The topological polar surface area (TPSA) is 83.8 Å². The first-order chi connectivity index (χ1) is 9.52. The maximum Gasteiger partial charge on any atom is 0.335 e. The Balaban J connectivity index is 2.41. The van der Waals surface area contributed by atoms with E-state index in [1.54, 1.807) is 6.07 Å². The number of aromatic carboxylic acids is 1. The number of hydrogen-bond donors (Lipinski definition) is 2. The highest BCUT2D eigenvalue weighted by atomic mass is 16.5. The van der Waals surface area contributed by atoms with Crippen molar-refractivity contribution in [1.82, 2.24) is 0 Å². The Labute approximate surface area is 115 Å². The lowest BCUT2D eigenvalue weighted by atomic mass is 10.0. The minimum atomic E-state index is -1.11. The van der Waals surface area contributed by atoms with Crippen molar-refractivity contribution in [1.29, 1.82) is 0 Å². The van der Waals surface area contributed by atoms with Crippen LogP contribution >= 0.6 is 0 Å². The van der Waals surface area contributed by atoms with Gasteiger partial charge >= 0.3 is 5.97 Å². The number of carboxylic acids is 1. The van der Waals surface area contributed by atoms with Gasteiger partial charge in [0.2, 0.25) is 0 Å². The molecule has 20 heavy (non-hydrogen) atoms. The van der Waals surface area contributed by atoms with Crippen LogP contribution in [0.5, 0.6) is 11.5 Å². The van der Waals surface area contributed by atoms with Crippen molar-refractivity contribution >= 4 is 11.8 Å². The van der Waals surface area contributed by atoms with Crippen LogP contribution < -0.4 is 4.74 Å². The fourth-order valence-electron chi connectivity index (χ4n) is 1.78. The average Bonchev–Trinajstić information content (AvgIpc) is 2.46. The molecule has 0 amide bonds. The smallest absolute Gasteiger partial charge is 0.335 e. The fraction of sp³-hybridized carbons (Fsp3) is 0.0667. The number of carbonyl (C=O) groups is 2. The van der Waals surface area contributed by atoms with Crippen LogP contribution in [-0.2, 0) is 0 Å². The van der Waals surface area contributed by atoms with Gasteiger partial charge in [-0.3, -0.25) is 4.79 Å². The summed E-state index contributed by atoms with van der Waals surface area (Å²) in [6.07, 6.45) is 0. The van der Waals surface area contributed by atoms with Gasteiger partial charge in [-0.15, -0.1) is 0 Å². The molecule has 0 atom stereocenters. The van der Waals surface area contributed by atoms with Gasteiger partial charge in [-0.1, -0.05) is 12.1 Å². The molecule has 0 saturated heterocycles. The van der Waals surface area contributed by atoms with Gasteiger partial charge in [-0.05, 0) is 24.3 Å². The molecule has 0 radical (unpaired) electrons. The second-order valence-corrected chi connectivity index (χ2v) is 4.10. The number of benzene rings is 2. The number of carboxylic acid groups (broad SMARTS) is 1. The highest BCUT2D eigenvalue weighted by molar-refractivity contribution is 6.11. The summed E-state index contributed by atoms with van der Waals surface area (Å²) in [5, 5.41) is 18.7. The lowest BCUT2D eigenvalue weighted by Crippen LogP contribution is -2.04. The van der Waals surface area contributed by atoms with Crippen LogP contribution in [0.2, 0.25) is 0 Å². The standard InChI is InChI=1S/C15H12O5/c1-20-11-5-6-12(13(16)8-11)14(17)9-3-2-4-10(7-9)15(18)19/h2-8,16H,1H3,(H,18,19). The van der Waals surface area contributed by atoms with E-state index in [1.165, 1.54) is 43.5 Å². The summed E-state index contributed by atoms with van der Waals surface area (Å²) >= 11 is 0. The van der Waals surface area contributed by atoms with Gasteiger partial charge in [-0.25, -0.2) is 4.79 Å². The minimum absolute atomic E-state index is 0.0175. The third kappa shape index (κ3) is 2.61. The summed E-state index contributed by atoms with van der Waals surface area (Å²) in [5.41, 5.74) is 0.308. The Morgan fingerprint density at radius 2 is 1.75 bits per heavy atom. The maximum atomic E-state index is 12.2. The van der Waals surface area contributed by atoms with E-state index in [4.69, 9.17) is 9.84 Å². The van der Waals surface area contributed by atoms with Gasteiger partial charge in [0.15, 0.2) is 5.78 Å². The zero-order valence-corrected chi connectivity index (χ0v) is 10.7. The zero-order valence-electron chi connectivity index (χ0n) is 10.7. The Kier molecular flexibility index (Phi) is 3.70. The molecule has 0 unspecified atom stereocenters. The van der Waals surface area contributed by atoms with Gasteiger partial charge in [-0.2, -0.15) is 0 Å². The number of rotatable bonds is 4. The molecular weight excluding hydrogens is 260 g/mol. The van der Waals surface area contributed by atoms with E-state index in [2.05, 4.69) is 0 Å². The van der Waals surface area contributed by atoms with Crippen LogP contribution in [0.25, 0.3) is 0 Å². The summed E-state index contributed by atoms with van der Waals surface area (Å²) in [5.74, 6) is -1.35. The molecule has 2 N–H and O–H groups in total.